The number of piperazine rings is 1. The molecule has 4 fully saturated rings. The Morgan fingerprint density at radius 1 is 0.933 bits per heavy atom. The molecule has 5 rings (SSSR count). The summed E-state index contributed by atoms with van der Waals surface area (Å²) in [5, 5.41) is 0. The summed E-state index contributed by atoms with van der Waals surface area (Å²) < 4.78 is 0. The van der Waals surface area contributed by atoms with E-state index >= 15 is 0 Å². The van der Waals surface area contributed by atoms with Crippen molar-refractivity contribution in [2.24, 2.45) is 34.5 Å². The Kier molecular flexibility index (Phi) is 5.67. The molecule has 0 radical (unpaired) electrons. The maximum Gasteiger partial charge on any atom is 0.139 e. The maximum atomic E-state index is 12.6. The topological polar surface area (TPSA) is 23.6 Å². The van der Waals surface area contributed by atoms with Gasteiger partial charge in [0, 0.05) is 38.0 Å². The highest BCUT2D eigenvalue weighted by Gasteiger charge is 2.58. The molecule has 1 aliphatic heterocycles. The van der Waals surface area contributed by atoms with Crippen LogP contribution >= 0.6 is 0 Å². The average Bonchev–Trinajstić information content (AvgIpc) is 3.04. The highest BCUT2D eigenvalue weighted by Crippen LogP contribution is 2.64. The van der Waals surface area contributed by atoms with Gasteiger partial charge in [0.05, 0.1) is 0 Å². The molecular weight excluding hydrogens is 368 g/mol. The summed E-state index contributed by atoms with van der Waals surface area (Å²) >= 11 is 0. The van der Waals surface area contributed by atoms with Gasteiger partial charge in [0.15, 0.2) is 0 Å². The fourth-order valence-corrected chi connectivity index (χ4v) is 8.45. The third-order valence-corrected chi connectivity index (χ3v) is 10.6. The van der Waals surface area contributed by atoms with E-state index in [-0.39, 0.29) is 5.41 Å². The summed E-state index contributed by atoms with van der Waals surface area (Å²) in [6, 6.07) is 0. The molecular formula is C27H44N2O. The van der Waals surface area contributed by atoms with E-state index in [0.29, 0.717) is 17.1 Å². The van der Waals surface area contributed by atoms with E-state index < -0.39 is 0 Å². The molecule has 0 N–H and O–H groups in total. The van der Waals surface area contributed by atoms with Gasteiger partial charge < -0.3 is 9.80 Å². The first kappa shape index (κ1) is 21.2. The lowest BCUT2D eigenvalue weighted by atomic mass is 9.47. The van der Waals surface area contributed by atoms with Crippen LogP contribution in [0.15, 0.2) is 11.6 Å². The first-order valence-electron chi connectivity index (χ1n) is 13.1. The zero-order valence-corrected chi connectivity index (χ0v) is 19.8. The van der Waals surface area contributed by atoms with Gasteiger partial charge in [-0.15, -0.1) is 0 Å². The Balaban J connectivity index is 1.21. The molecule has 3 nitrogen and oxygen atoms in total. The van der Waals surface area contributed by atoms with Crippen LogP contribution in [0.2, 0.25) is 0 Å². The van der Waals surface area contributed by atoms with E-state index in [4.69, 9.17) is 0 Å². The smallest absolute Gasteiger partial charge is 0.139 e. The minimum absolute atomic E-state index is 0.0270. The Bertz CT molecular complexity index is 693. The van der Waals surface area contributed by atoms with E-state index in [1.54, 1.807) is 0 Å². The number of nitrogens with zero attached hydrogens (tertiary/aromatic N) is 2. The predicted octanol–water partition coefficient (Wildman–Crippen LogP) is 5.16. The molecule has 168 valence electrons. The van der Waals surface area contributed by atoms with Crippen molar-refractivity contribution < 1.29 is 4.79 Å². The van der Waals surface area contributed by atoms with Crippen LogP contribution in [0.1, 0.15) is 78.1 Å². The molecule has 3 saturated carbocycles. The summed E-state index contributed by atoms with van der Waals surface area (Å²) in [5.74, 6) is 3.74. The summed E-state index contributed by atoms with van der Waals surface area (Å²) in [7, 11) is 2.24. The molecule has 5 aliphatic rings. The number of hydrogen-bond acceptors (Lipinski definition) is 3. The van der Waals surface area contributed by atoms with Crippen molar-refractivity contribution in [2.45, 2.75) is 78.1 Å². The van der Waals surface area contributed by atoms with Gasteiger partial charge in [-0.1, -0.05) is 25.5 Å². The lowest BCUT2D eigenvalue weighted by molar-refractivity contribution is -0.132. The molecule has 0 aromatic heterocycles. The number of carbonyl (C=O) groups excluding carboxylic acids is 1. The lowest BCUT2D eigenvalue weighted by Gasteiger charge is -2.57. The van der Waals surface area contributed by atoms with E-state index in [1.807, 2.05) is 5.57 Å². The first-order valence-corrected chi connectivity index (χ1v) is 13.1. The number of ketones is 1. The highest BCUT2D eigenvalue weighted by atomic mass is 16.1. The fourth-order valence-electron chi connectivity index (χ4n) is 8.45. The number of fused-ring (bicyclic) bond motifs is 5. The second-order valence-electron chi connectivity index (χ2n) is 12.0. The number of rotatable bonds is 4. The minimum atomic E-state index is 0.0270. The number of hydrogen-bond donors (Lipinski definition) is 0. The standard InChI is InChI=1S/C27H44N2O/c1-26-12-10-20(5-4-14-29-17-15-28(3)16-18-29)19-21(26)6-7-22-23-8-9-25(30)27(23,2)13-11-24(22)26/h19-20,22-24H,4-18H2,1-3H3/t20-,22?,23?,24?,26-,27-/m0/s1. The zero-order valence-electron chi connectivity index (χ0n) is 19.8. The molecule has 0 aromatic carbocycles. The number of carbonyl (C=O) groups is 1. The monoisotopic (exact) mass is 412 g/mol. The van der Waals surface area contributed by atoms with Gasteiger partial charge in [0.1, 0.15) is 5.78 Å². The molecule has 1 saturated heterocycles. The summed E-state index contributed by atoms with van der Waals surface area (Å²) in [5.41, 5.74) is 2.27. The summed E-state index contributed by atoms with van der Waals surface area (Å²) in [6.45, 7) is 11.2. The number of Topliss-reactive ketones (excluding diaryl/α,β-unsaturated/α-hetero) is 1. The molecule has 4 aliphatic carbocycles. The first-order chi connectivity index (χ1) is 14.4. The van der Waals surface area contributed by atoms with Crippen molar-refractivity contribution >= 4 is 5.78 Å². The number of likely N-dealkylation sites (N-methyl/N-ethyl adjacent to an activating group) is 1. The van der Waals surface area contributed by atoms with Crippen LogP contribution in [0, 0.1) is 34.5 Å². The third kappa shape index (κ3) is 3.52. The van der Waals surface area contributed by atoms with Crippen molar-refractivity contribution in [3.05, 3.63) is 11.6 Å². The Morgan fingerprint density at radius 2 is 1.67 bits per heavy atom. The van der Waals surface area contributed by atoms with Crippen LogP contribution < -0.4 is 0 Å². The van der Waals surface area contributed by atoms with Gasteiger partial charge in [0.25, 0.3) is 0 Å². The van der Waals surface area contributed by atoms with E-state index in [0.717, 1.165) is 30.6 Å². The third-order valence-electron chi connectivity index (χ3n) is 10.6. The van der Waals surface area contributed by atoms with Gasteiger partial charge >= 0.3 is 0 Å². The van der Waals surface area contributed by atoms with Gasteiger partial charge in [-0.2, -0.15) is 0 Å². The van der Waals surface area contributed by atoms with E-state index in [9.17, 15) is 4.79 Å². The fraction of sp³-hybridized carbons (Fsp3) is 0.889. The second-order valence-corrected chi connectivity index (χ2v) is 12.0. The quantitative estimate of drug-likeness (QED) is 0.596. The van der Waals surface area contributed by atoms with E-state index in [1.165, 1.54) is 84.1 Å². The number of allylic oxidation sites excluding steroid dienone is 2. The molecule has 3 heteroatoms. The molecule has 0 bridgehead atoms. The SMILES string of the molecule is CN1CCN(CCC[C@@H]2C=C3CCC4C(CC[C@]5(C)C(=O)CCC45)[C@@]3(C)CC2)CC1. The van der Waals surface area contributed by atoms with Crippen LogP contribution in [-0.4, -0.2) is 55.4 Å². The average molecular weight is 413 g/mol. The highest BCUT2D eigenvalue weighted by molar-refractivity contribution is 5.87. The van der Waals surface area contributed by atoms with Crippen LogP contribution in [0.3, 0.4) is 0 Å². The predicted molar refractivity (Wildman–Crippen MR) is 123 cm³/mol. The summed E-state index contributed by atoms with van der Waals surface area (Å²) in [4.78, 5) is 17.8. The van der Waals surface area contributed by atoms with Gasteiger partial charge in [0.2, 0.25) is 0 Å². The maximum absolute atomic E-state index is 12.6. The van der Waals surface area contributed by atoms with Crippen molar-refractivity contribution in [1.29, 1.82) is 0 Å². The van der Waals surface area contributed by atoms with Crippen molar-refractivity contribution in [2.75, 3.05) is 39.8 Å². The zero-order chi connectivity index (χ0) is 20.9. The minimum Gasteiger partial charge on any atom is -0.304 e. The van der Waals surface area contributed by atoms with Crippen LogP contribution in [-0.2, 0) is 4.79 Å². The largest absolute Gasteiger partial charge is 0.304 e. The van der Waals surface area contributed by atoms with Gasteiger partial charge in [-0.25, -0.2) is 0 Å². The molecule has 1 heterocycles. The molecule has 0 spiro atoms. The molecule has 6 atom stereocenters. The Labute approximate surface area is 184 Å². The molecule has 0 amide bonds. The second kappa shape index (κ2) is 8.03. The molecule has 3 unspecified atom stereocenters. The lowest BCUT2D eigenvalue weighted by Crippen LogP contribution is -2.50. The van der Waals surface area contributed by atoms with Gasteiger partial charge in [-0.05, 0) is 100 Å². The molecule has 0 aromatic rings. The normalized spacial score (nSPS) is 44.9. The van der Waals surface area contributed by atoms with Crippen molar-refractivity contribution in [1.82, 2.24) is 9.80 Å². The van der Waals surface area contributed by atoms with Crippen molar-refractivity contribution in [3.63, 3.8) is 0 Å². The van der Waals surface area contributed by atoms with Crippen molar-refractivity contribution in [3.8, 4) is 0 Å². The summed E-state index contributed by atoms with van der Waals surface area (Å²) in [6.07, 6.45) is 15.5. The van der Waals surface area contributed by atoms with Crippen LogP contribution in [0.4, 0.5) is 0 Å². The Morgan fingerprint density at radius 3 is 2.47 bits per heavy atom. The van der Waals surface area contributed by atoms with Gasteiger partial charge in [-0.3, -0.25) is 4.79 Å². The molecule has 30 heavy (non-hydrogen) atoms. The Hall–Kier alpha value is -0.670. The van der Waals surface area contributed by atoms with Crippen LogP contribution in [0.5, 0.6) is 0 Å². The van der Waals surface area contributed by atoms with E-state index in [2.05, 4.69) is 36.8 Å². The van der Waals surface area contributed by atoms with Crippen LogP contribution in [0.25, 0.3) is 0 Å².